The van der Waals surface area contributed by atoms with Gasteiger partial charge in [0, 0.05) is 17.3 Å². The second-order valence-corrected chi connectivity index (χ2v) is 5.94. The fourth-order valence-corrected chi connectivity index (χ4v) is 2.56. The molecule has 0 fully saturated rings. The van der Waals surface area contributed by atoms with Gasteiger partial charge in [-0.25, -0.2) is 0 Å². The van der Waals surface area contributed by atoms with Crippen molar-refractivity contribution in [3.8, 4) is 5.75 Å². The Labute approximate surface area is 136 Å². The van der Waals surface area contributed by atoms with Gasteiger partial charge < -0.3 is 10.1 Å². The lowest BCUT2D eigenvalue weighted by atomic mass is 10.0. The van der Waals surface area contributed by atoms with Crippen LogP contribution < -0.4 is 10.1 Å². The molecule has 0 unspecified atom stereocenters. The third-order valence-electron chi connectivity index (χ3n) is 3.15. The van der Waals surface area contributed by atoms with Gasteiger partial charge in [-0.1, -0.05) is 55.2 Å². The molecule has 1 N–H and O–H groups in total. The summed E-state index contributed by atoms with van der Waals surface area (Å²) >= 11 is 11.9. The standard InChI is InChI=1S/C17H19Cl2NO/c1-12(2)14-5-3-4-6-16(14)20-9-10-21-17-8-7-13(18)11-15(17)19/h3-8,11-12,20H,9-10H2,1-2H3. The minimum Gasteiger partial charge on any atom is -0.490 e. The van der Waals surface area contributed by atoms with Crippen LogP contribution in [0.2, 0.25) is 10.0 Å². The zero-order valence-corrected chi connectivity index (χ0v) is 13.7. The van der Waals surface area contributed by atoms with Crippen LogP contribution in [0, 0.1) is 0 Å². The summed E-state index contributed by atoms with van der Waals surface area (Å²) in [5, 5.41) is 4.54. The average Bonchev–Trinajstić information content (AvgIpc) is 2.45. The molecular weight excluding hydrogens is 305 g/mol. The monoisotopic (exact) mass is 323 g/mol. The first-order valence-electron chi connectivity index (χ1n) is 6.98. The Kier molecular flexibility index (Phi) is 5.77. The molecule has 0 aliphatic rings. The van der Waals surface area contributed by atoms with Crippen LogP contribution in [0.3, 0.4) is 0 Å². The fourth-order valence-electron chi connectivity index (χ4n) is 2.10. The summed E-state index contributed by atoms with van der Waals surface area (Å²) in [6, 6.07) is 13.6. The van der Waals surface area contributed by atoms with Crippen LogP contribution >= 0.6 is 23.2 Å². The van der Waals surface area contributed by atoms with Crippen molar-refractivity contribution in [2.24, 2.45) is 0 Å². The zero-order chi connectivity index (χ0) is 15.2. The lowest BCUT2D eigenvalue weighted by Crippen LogP contribution is -2.13. The summed E-state index contributed by atoms with van der Waals surface area (Å²) in [6.45, 7) is 5.62. The lowest BCUT2D eigenvalue weighted by Gasteiger charge is -2.15. The molecule has 4 heteroatoms. The second kappa shape index (κ2) is 7.58. The largest absolute Gasteiger partial charge is 0.490 e. The van der Waals surface area contributed by atoms with Crippen molar-refractivity contribution >= 4 is 28.9 Å². The first kappa shape index (κ1) is 16.0. The smallest absolute Gasteiger partial charge is 0.138 e. The van der Waals surface area contributed by atoms with Crippen molar-refractivity contribution in [3.63, 3.8) is 0 Å². The normalized spacial score (nSPS) is 10.7. The number of anilines is 1. The molecule has 0 saturated heterocycles. The van der Waals surface area contributed by atoms with Crippen LogP contribution in [-0.4, -0.2) is 13.2 Å². The zero-order valence-electron chi connectivity index (χ0n) is 12.2. The Balaban J connectivity index is 1.88. The number of halogens is 2. The molecule has 0 bridgehead atoms. The predicted octanol–water partition coefficient (Wildman–Crippen LogP) is 5.61. The van der Waals surface area contributed by atoms with Crippen LogP contribution in [0.4, 0.5) is 5.69 Å². The third-order valence-corrected chi connectivity index (χ3v) is 3.68. The van der Waals surface area contributed by atoms with Gasteiger partial charge in [-0.2, -0.15) is 0 Å². The van der Waals surface area contributed by atoms with E-state index in [4.69, 9.17) is 27.9 Å². The van der Waals surface area contributed by atoms with Gasteiger partial charge in [-0.15, -0.1) is 0 Å². The number of benzene rings is 2. The van der Waals surface area contributed by atoms with E-state index in [1.54, 1.807) is 18.2 Å². The van der Waals surface area contributed by atoms with Crippen LogP contribution in [0.1, 0.15) is 25.3 Å². The van der Waals surface area contributed by atoms with Crippen molar-refractivity contribution in [3.05, 3.63) is 58.1 Å². The van der Waals surface area contributed by atoms with E-state index in [0.29, 0.717) is 34.9 Å². The summed E-state index contributed by atoms with van der Waals surface area (Å²) in [4.78, 5) is 0. The highest BCUT2D eigenvalue weighted by molar-refractivity contribution is 6.35. The highest BCUT2D eigenvalue weighted by atomic mass is 35.5. The lowest BCUT2D eigenvalue weighted by molar-refractivity contribution is 0.333. The maximum atomic E-state index is 6.06. The van der Waals surface area contributed by atoms with E-state index in [1.165, 1.54) is 5.56 Å². The van der Waals surface area contributed by atoms with Crippen LogP contribution in [-0.2, 0) is 0 Å². The van der Waals surface area contributed by atoms with Crippen LogP contribution in [0.15, 0.2) is 42.5 Å². The van der Waals surface area contributed by atoms with Crippen LogP contribution in [0.5, 0.6) is 5.75 Å². The molecule has 21 heavy (non-hydrogen) atoms. The van der Waals surface area contributed by atoms with Crippen molar-refractivity contribution in [1.29, 1.82) is 0 Å². The molecule has 0 radical (unpaired) electrons. The maximum Gasteiger partial charge on any atom is 0.138 e. The van der Waals surface area contributed by atoms with E-state index in [2.05, 4.69) is 37.4 Å². The summed E-state index contributed by atoms with van der Waals surface area (Å²) in [5.41, 5.74) is 2.46. The Morgan fingerprint density at radius 1 is 1.10 bits per heavy atom. The highest BCUT2D eigenvalue weighted by Gasteiger charge is 2.05. The van der Waals surface area contributed by atoms with E-state index in [-0.39, 0.29) is 0 Å². The number of para-hydroxylation sites is 1. The Morgan fingerprint density at radius 2 is 1.86 bits per heavy atom. The first-order chi connectivity index (χ1) is 10.1. The van der Waals surface area contributed by atoms with Gasteiger partial charge in [0.15, 0.2) is 0 Å². The molecule has 0 aromatic heterocycles. The molecule has 0 heterocycles. The van der Waals surface area contributed by atoms with Crippen molar-refractivity contribution in [2.75, 3.05) is 18.5 Å². The molecule has 0 aliphatic heterocycles. The molecule has 2 nitrogen and oxygen atoms in total. The molecule has 2 rings (SSSR count). The number of rotatable bonds is 6. The topological polar surface area (TPSA) is 21.3 Å². The molecule has 112 valence electrons. The summed E-state index contributed by atoms with van der Waals surface area (Å²) in [6.07, 6.45) is 0. The molecule has 0 spiro atoms. The molecule has 0 aliphatic carbocycles. The van der Waals surface area contributed by atoms with Gasteiger partial charge in [0.2, 0.25) is 0 Å². The predicted molar refractivity (Wildman–Crippen MR) is 91.0 cm³/mol. The minimum atomic E-state index is 0.486. The Bertz CT molecular complexity index is 599. The van der Waals surface area contributed by atoms with E-state index in [9.17, 15) is 0 Å². The number of nitrogens with one attached hydrogen (secondary N) is 1. The number of hydrogen-bond donors (Lipinski definition) is 1. The molecule has 0 amide bonds. The highest BCUT2D eigenvalue weighted by Crippen LogP contribution is 2.27. The van der Waals surface area contributed by atoms with E-state index in [0.717, 1.165) is 5.69 Å². The first-order valence-corrected chi connectivity index (χ1v) is 7.74. The van der Waals surface area contributed by atoms with Gasteiger partial charge in [-0.3, -0.25) is 0 Å². The number of ether oxygens (including phenoxy) is 1. The Morgan fingerprint density at radius 3 is 2.57 bits per heavy atom. The second-order valence-electron chi connectivity index (χ2n) is 5.09. The van der Waals surface area contributed by atoms with Crippen LogP contribution in [0.25, 0.3) is 0 Å². The summed E-state index contributed by atoms with van der Waals surface area (Å²) in [7, 11) is 0. The van der Waals surface area contributed by atoms with Gasteiger partial charge in [0.25, 0.3) is 0 Å². The van der Waals surface area contributed by atoms with E-state index < -0.39 is 0 Å². The fraction of sp³-hybridized carbons (Fsp3) is 0.294. The van der Waals surface area contributed by atoms with Gasteiger partial charge in [-0.05, 0) is 35.7 Å². The van der Waals surface area contributed by atoms with Gasteiger partial charge >= 0.3 is 0 Å². The van der Waals surface area contributed by atoms with E-state index in [1.807, 2.05) is 6.07 Å². The quantitative estimate of drug-likeness (QED) is 0.698. The SMILES string of the molecule is CC(C)c1ccccc1NCCOc1ccc(Cl)cc1Cl. The summed E-state index contributed by atoms with van der Waals surface area (Å²) in [5.74, 6) is 1.14. The molecule has 0 atom stereocenters. The van der Waals surface area contributed by atoms with Gasteiger partial charge in [0.05, 0.1) is 5.02 Å². The molecular formula is C17H19Cl2NO. The summed E-state index contributed by atoms with van der Waals surface area (Å²) < 4.78 is 5.66. The molecule has 2 aromatic rings. The molecule has 2 aromatic carbocycles. The average molecular weight is 324 g/mol. The van der Waals surface area contributed by atoms with Crippen molar-refractivity contribution < 1.29 is 4.74 Å². The van der Waals surface area contributed by atoms with Crippen molar-refractivity contribution in [1.82, 2.24) is 0 Å². The third kappa shape index (κ3) is 4.55. The van der Waals surface area contributed by atoms with Crippen molar-refractivity contribution in [2.45, 2.75) is 19.8 Å². The number of hydrogen-bond acceptors (Lipinski definition) is 2. The maximum absolute atomic E-state index is 6.06. The Hall–Kier alpha value is -1.38. The molecule has 0 saturated carbocycles. The minimum absolute atomic E-state index is 0.486. The van der Waals surface area contributed by atoms with E-state index >= 15 is 0 Å². The van der Waals surface area contributed by atoms with Gasteiger partial charge in [0.1, 0.15) is 12.4 Å².